The molecule has 2 aromatic carbocycles. The largest absolute Gasteiger partial charge is 0.493 e. The molecule has 2 aromatic rings. The van der Waals surface area contributed by atoms with E-state index >= 15 is 0 Å². The summed E-state index contributed by atoms with van der Waals surface area (Å²) in [6.07, 6.45) is 2.99. The molecule has 0 bridgehead atoms. The molecule has 0 saturated carbocycles. The van der Waals surface area contributed by atoms with Crippen LogP contribution in [-0.2, 0) is 15.1 Å². The van der Waals surface area contributed by atoms with Crippen molar-refractivity contribution in [3.8, 4) is 17.2 Å². The van der Waals surface area contributed by atoms with Gasteiger partial charge in [-0.15, -0.1) is 0 Å². The Morgan fingerprint density at radius 2 is 1.69 bits per heavy atom. The molecule has 29 heavy (non-hydrogen) atoms. The highest BCUT2D eigenvalue weighted by molar-refractivity contribution is 5.92. The van der Waals surface area contributed by atoms with Crippen molar-refractivity contribution in [2.24, 2.45) is 0 Å². The summed E-state index contributed by atoms with van der Waals surface area (Å²) < 4.78 is 35.5. The quantitative estimate of drug-likeness (QED) is 0.649. The third kappa shape index (κ3) is 5.26. The van der Waals surface area contributed by atoms with Crippen LogP contribution in [0.25, 0.3) is 6.08 Å². The minimum Gasteiger partial charge on any atom is -0.493 e. The first-order chi connectivity index (χ1) is 13.9. The van der Waals surface area contributed by atoms with Gasteiger partial charge in [0.1, 0.15) is 11.4 Å². The predicted octanol–water partition coefficient (Wildman–Crippen LogP) is 3.54. The number of hydrogen-bond donors (Lipinski definition) is 1. The van der Waals surface area contributed by atoms with Crippen molar-refractivity contribution in [2.75, 3.05) is 35.0 Å². The summed E-state index contributed by atoms with van der Waals surface area (Å²) >= 11 is 0. The van der Waals surface area contributed by atoms with Crippen molar-refractivity contribution in [2.45, 2.75) is 12.5 Å². The van der Waals surface area contributed by atoms with Gasteiger partial charge in [-0.2, -0.15) is 0 Å². The first-order valence-corrected chi connectivity index (χ1v) is 8.94. The van der Waals surface area contributed by atoms with Crippen LogP contribution in [0.1, 0.15) is 18.1 Å². The van der Waals surface area contributed by atoms with E-state index in [1.807, 2.05) is 0 Å². The second-order valence-corrected chi connectivity index (χ2v) is 6.42. The van der Waals surface area contributed by atoms with Crippen LogP contribution in [0.15, 0.2) is 42.5 Å². The lowest BCUT2D eigenvalue weighted by atomic mass is 9.95. The minimum absolute atomic E-state index is 0.100. The Bertz CT molecular complexity index is 858. The molecule has 0 radical (unpaired) electrons. The second kappa shape index (κ2) is 9.93. The van der Waals surface area contributed by atoms with Crippen LogP contribution in [0.5, 0.6) is 17.2 Å². The highest BCUT2D eigenvalue weighted by Crippen LogP contribution is 2.38. The molecular formula is C22H26FNO5. The van der Waals surface area contributed by atoms with Gasteiger partial charge in [-0.1, -0.05) is 18.2 Å². The first kappa shape index (κ1) is 22.2. The fraction of sp³-hybridized carbons (Fsp3) is 0.318. The van der Waals surface area contributed by atoms with Crippen LogP contribution >= 0.6 is 0 Å². The zero-order chi connectivity index (χ0) is 21.4. The Balaban J connectivity index is 2.12. The summed E-state index contributed by atoms with van der Waals surface area (Å²) in [5, 5.41) is 2.75. The molecule has 0 aromatic heterocycles. The van der Waals surface area contributed by atoms with Gasteiger partial charge >= 0.3 is 0 Å². The molecule has 0 fully saturated rings. The topological polar surface area (TPSA) is 66.0 Å². The highest BCUT2D eigenvalue weighted by Gasteiger charge is 2.29. The third-order valence-electron chi connectivity index (χ3n) is 4.61. The zero-order valence-electron chi connectivity index (χ0n) is 17.2. The molecule has 0 aliphatic heterocycles. The van der Waals surface area contributed by atoms with Gasteiger partial charge in [-0.25, -0.2) is 4.39 Å². The molecule has 7 heteroatoms. The maximum atomic E-state index is 14.1. The molecule has 2 rings (SSSR count). The van der Waals surface area contributed by atoms with Gasteiger partial charge in [0.05, 0.1) is 27.9 Å². The smallest absolute Gasteiger partial charge is 0.244 e. The van der Waals surface area contributed by atoms with E-state index in [0.29, 0.717) is 28.4 Å². The number of carbonyl (C=O) groups excluding carboxylic acids is 1. The van der Waals surface area contributed by atoms with Gasteiger partial charge in [-0.05, 0) is 36.8 Å². The number of hydrogen-bond acceptors (Lipinski definition) is 5. The van der Waals surface area contributed by atoms with E-state index in [-0.39, 0.29) is 18.3 Å². The molecule has 1 N–H and O–H groups in total. The van der Waals surface area contributed by atoms with Gasteiger partial charge in [0, 0.05) is 18.7 Å². The number of ether oxygens (including phenoxy) is 4. The average Bonchev–Trinajstić information content (AvgIpc) is 2.75. The van der Waals surface area contributed by atoms with Gasteiger partial charge < -0.3 is 24.3 Å². The molecule has 0 aliphatic carbocycles. The summed E-state index contributed by atoms with van der Waals surface area (Å²) in [6.45, 7) is 1.82. The molecular weight excluding hydrogens is 377 g/mol. The Hall–Kier alpha value is -3.06. The average molecular weight is 403 g/mol. The Morgan fingerprint density at radius 1 is 1.07 bits per heavy atom. The molecule has 6 nitrogen and oxygen atoms in total. The first-order valence-electron chi connectivity index (χ1n) is 8.94. The number of rotatable bonds is 9. The number of benzene rings is 2. The van der Waals surface area contributed by atoms with Crippen molar-refractivity contribution in [3.05, 3.63) is 59.4 Å². The summed E-state index contributed by atoms with van der Waals surface area (Å²) in [7, 11) is 6.04. The van der Waals surface area contributed by atoms with Crippen molar-refractivity contribution in [3.63, 3.8) is 0 Å². The Morgan fingerprint density at radius 3 is 2.21 bits per heavy atom. The third-order valence-corrected chi connectivity index (χ3v) is 4.61. The van der Waals surface area contributed by atoms with Crippen LogP contribution in [-0.4, -0.2) is 40.9 Å². The lowest BCUT2D eigenvalue weighted by molar-refractivity contribution is -0.118. The maximum absolute atomic E-state index is 14.1. The van der Waals surface area contributed by atoms with Gasteiger partial charge in [0.25, 0.3) is 0 Å². The molecule has 156 valence electrons. The van der Waals surface area contributed by atoms with E-state index in [4.69, 9.17) is 18.9 Å². The normalized spacial score (nSPS) is 13.0. The van der Waals surface area contributed by atoms with Gasteiger partial charge in [0.15, 0.2) is 11.5 Å². The SMILES string of the molecule is COc1cc(/C=C/C(=O)NCC(C)(OC)c2ccccc2F)cc(OC)c1OC. The molecule has 0 saturated heterocycles. The Kier molecular flexibility index (Phi) is 7.61. The van der Waals surface area contributed by atoms with Gasteiger partial charge in [0.2, 0.25) is 11.7 Å². The summed E-state index contributed by atoms with van der Waals surface area (Å²) in [4.78, 5) is 12.3. The molecule has 1 unspecified atom stereocenters. The zero-order valence-corrected chi connectivity index (χ0v) is 17.2. The van der Waals surface area contributed by atoms with E-state index in [1.165, 1.54) is 40.6 Å². The van der Waals surface area contributed by atoms with E-state index in [9.17, 15) is 9.18 Å². The lowest BCUT2D eigenvalue weighted by Gasteiger charge is -2.29. The Labute approximate surface area is 170 Å². The van der Waals surface area contributed by atoms with Crippen molar-refractivity contribution in [1.29, 1.82) is 0 Å². The molecule has 1 atom stereocenters. The van der Waals surface area contributed by atoms with Crippen LogP contribution in [0.3, 0.4) is 0 Å². The van der Waals surface area contributed by atoms with Crippen LogP contribution < -0.4 is 19.5 Å². The van der Waals surface area contributed by atoms with Crippen LogP contribution in [0, 0.1) is 5.82 Å². The standard InChI is InChI=1S/C22H26FNO5/c1-22(29-5,16-8-6-7-9-17(16)23)14-24-20(25)11-10-15-12-18(26-2)21(28-4)19(13-15)27-3/h6-13H,14H2,1-5H3,(H,24,25)/b11-10+. The van der Waals surface area contributed by atoms with Crippen LogP contribution in [0.4, 0.5) is 4.39 Å². The fourth-order valence-electron chi connectivity index (χ4n) is 2.85. The molecule has 0 spiro atoms. The van der Waals surface area contributed by atoms with E-state index < -0.39 is 5.60 Å². The summed E-state index contributed by atoms with van der Waals surface area (Å²) in [5.74, 6) is 0.701. The van der Waals surface area contributed by atoms with Crippen molar-refractivity contribution in [1.82, 2.24) is 5.32 Å². The lowest BCUT2D eigenvalue weighted by Crippen LogP contribution is -2.40. The van der Waals surface area contributed by atoms with Crippen LogP contribution in [0.2, 0.25) is 0 Å². The van der Waals surface area contributed by atoms with E-state index in [2.05, 4.69) is 5.32 Å². The monoisotopic (exact) mass is 403 g/mol. The molecule has 1 amide bonds. The number of halogens is 1. The van der Waals surface area contributed by atoms with Gasteiger partial charge in [-0.3, -0.25) is 4.79 Å². The maximum Gasteiger partial charge on any atom is 0.244 e. The predicted molar refractivity (Wildman–Crippen MR) is 109 cm³/mol. The number of carbonyl (C=O) groups is 1. The summed E-state index contributed by atoms with van der Waals surface area (Å²) in [5.41, 5.74) is 0.0659. The fourth-order valence-corrected chi connectivity index (χ4v) is 2.85. The number of methoxy groups -OCH3 is 4. The number of nitrogens with one attached hydrogen (secondary N) is 1. The number of amides is 1. The van der Waals surface area contributed by atoms with E-state index in [0.717, 1.165) is 0 Å². The molecule has 0 heterocycles. The van der Waals surface area contributed by atoms with Crippen molar-refractivity contribution >= 4 is 12.0 Å². The van der Waals surface area contributed by atoms with E-state index in [1.54, 1.807) is 43.3 Å². The molecule has 0 aliphatic rings. The summed E-state index contributed by atoms with van der Waals surface area (Å²) in [6, 6.07) is 9.78. The minimum atomic E-state index is -0.999. The van der Waals surface area contributed by atoms with Crippen molar-refractivity contribution < 1.29 is 28.1 Å². The second-order valence-electron chi connectivity index (χ2n) is 6.42. The highest BCUT2D eigenvalue weighted by atomic mass is 19.1.